The third-order valence-electron chi connectivity index (χ3n) is 6.12. The molecule has 1 aliphatic heterocycles. The van der Waals surface area contributed by atoms with E-state index in [1.165, 1.54) is 22.7 Å². The summed E-state index contributed by atoms with van der Waals surface area (Å²) < 4.78 is 18.4. The maximum Gasteiger partial charge on any atom is 0.224 e. The van der Waals surface area contributed by atoms with Crippen LogP contribution in [0, 0.1) is 5.82 Å². The van der Waals surface area contributed by atoms with Gasteiger partial charge >= 0.3 is 0 Å². The second kappa shape index (κ2) is 10.8. The summed E-state index contributed by atoms with van der Waals surface area (Å²) in [5, 5.41) is 5.28. The van der Waals surface area contributed by atoms with Crippen LogP contribution < -0.4 is 15.0 Å². The molecule has 1 N–H and O–H groups in total. The first-order valence-corrected chi connectivity index (χ1v) is 12.1. The molecule has 174 valence electrons. The predicted octanol–water partition coefficient (Wildman–Crippen LogP) is 4.51. The standard InChI is InChI=1S/C26H30FN3O2S/c1-19(28-25(31)18-20-5-7-21(27)8-6-20)26(24-4-3-17-33-24)30-15-13-29(14-16-30)22-9-11-23(32-2)12-10-22/h3-12,17,19,26H,13-16,18H2,1-2H3,(H,28,31)/t19-,26+/m1/s1. The van der Waals surface area contributed by atoms with Gasteiger partial charge in [0.1, 0.15) is 11.6 Å². The second-order valence-corrected chi connectivity index (χ2v) is 9.32. The Labute approximate surface area is 198 Å². The van der Waals surface area contributed by atoms with Gasteiger partial charge in [-0.05, 0) is 60.3 Å². The molecule has 1 aromatic heterocycles. The number of carbonyl (C=O) groups is 1. The highest BCUT2D eigenvalue weighted by Crippen LogP contribution is 2.30. The summed E-state index contributed by atoms with van der Waals surface area (Å²) in [4.78, 5) is 18.8. The van der Waals surface area contributed by atoms with Gasteiger partial charge < -0.3 is 15.0 Å². The number of piperazine rings is 1. The molecule has 2 atom stereocenters. The van der Waals surface area contributed by atoms with Crippen LogP contribution >= 0.6 is 11.3 Å². The van der Waals surface area contributed by atoms with Gasteiger partial charge in [0.15, 0.2) is 0 Å². The molecule has 5 nitrogen and oxygen atoms in total. The molecule has 1 aliphatic rings. The van der Waals surface area contributed by atoms with Crippen LogP contribution in [0.5, 0.6) is 5.75 Å². The summed E-state index contributed by atoms with van der Waals surface area (Å²) in [6.07, 6.45) is 0.243. The number of halogens is 1. The van der Waals surface area contributed by atoms with Gasteiger partial charge in [-0.1, -0.05) is 18.2 Å². The van der Waals surface area contributed by atoms with E-state index in [9.17, 15) is 9.18 Å². The fraction of sp³-hybridized carbons (Fsp3) is 0.346. The average molecular weight is 468 g/mol. The number of hydrogen-bond donors (Lipinski definition) is 1. The SMILES string of the molecule is COc1ccc(N2CCN([C@H](c3cccs3)[C@@H](C)NC(=O)Cc3ccc(F)cc3)CC2)cc1. The minimum Gasteiger partial charge on any atom is -0.497 e. The third-order valence-corrected chi connectivity index (χ3v) is 7.06. The van der Waals surface area contributed by atoms with Crippen LogP contribution in [-0.2, 0) is 11.2 Å². The summed E-state index contributed by atoms with van der Waals surface area (Å²) in [7, 11) is 1.68. The molecule has 2 heterocycles. The van der Waals surface area contributed by atoms with Crippen molar-refractivity contribution in [1.29, 1.82) is 0 Å². The molecule has 0 saturated carbocycles. The van der Waals surface area contributed by atoms with Gasteiger partial charge in [-0.25, -0.2) is 4.39 Å². The summed E-state index contributed by atoms with van der Waals surface area (Å²) in [5.74, 6) is 0.520. The Morgan fingerprint density at radius 1 is 1.06 bits per heavy atom. The van der Waals surface area contributed by atoms with Crippen LogP contribution in [-0.4, -0.2) is 50.1 Å². The molecule has 7 heteroatoms. The van der Waals surface area contributed by atoms with Crippen LogP contribution in [0.2, 0.25) is 0 Å². The number of methoxy groups -OCH3 is 1. The summed E-state index contributed by atoms with van der Waals surface area (Å²) >= 11 is 1.72. The normalized spacial score (nSPS) is 16.3. The first-order chi connectivity index (χ1) is 16.0. The van der Waals surface area contributed by atoms with Crippen molar-refractivity contribution in [3.63, 3.8) is 0 Å². The maximum absolute atomic E-state index is 13.2. The number of anilines is 1. The number of benzene rings is 2. The summed E-state index contributed by atoms with van der Waals surface area (Å²) in [5.41, 5.74) is 2.01. The fourth-order valence-electron chi connectivity index (χ4n) is 4.43. The van der Waals surface area contributed by atoms with Crippen molar-refractivity contribution < 1.29 is 13.9 Å². The van der Waals surface area contributed by atoms with Crippen LogP contribution in [0.25, 0.3) is 0 Å². The topological polar surface area (TPSA) is 44.8 Å². The van der Waals surface area contributed by atoms with E-state index in [1.54, 1.807) is 30.6 Å². The highest BCUT2D eigenvalue weighted by Gasteiger charge is 2.31. The molecule has 0 radical (unpaired) electrons. The van der Waals surface area contributed by atoms with Crippen molar-refractivity contribution in [2.45, 2.75) is 25.4 Å². The van der Waals surface area contributed by atoms with Crippen LogP contribution in [0.4, 0.5) is 10.1 Å². The van der Waals surface area contributed by atoms with Crippen LogP contribution in [0.1, 0.15) is 23.4 Å². The molecule has 0 spiro atoms. The lowest BCUT2D eigenvalue weighted by Gasteiger charge is -2.42. The lowest BCUT2D eigenvalue weighted by molar-refractivity contribution is -0.121. The number of nitrogens with one attached hydrogen (secondary N) is 1. The largest absolute Gasteiger partial charge is 0.497 e. The maximum atomic E-state index is 13.2. The Balaban J connectivity index is 1.40. The molecule has 4 rings (SSSR count). The van der Waals surface area contributed by atoms with Crippen molar-refractivity contribution >= 4 is 22.9 Å². The zero-order valence-corrected chi connectivity index (χ0v) is 19.9. The second-order valence-electron chi connectivity index (χ2n) is 8.34. The van der Waals surface area contributed by atoms with Crippen molar-refractivity contribution in [3.05, 3.63) is 82.3 Å². The Morgan fingerprint density at radius 3 is 2.36 bits per heavy atom. The molecule has 1 amide bonds. The van der Waals surface area contributed by atoms with E-state index in [0.29, 0.717) is 0 Å². The van der Waals surface area contributed by atoms with E-state index in [4.69, 9.17) is 4.74 Å². The highest BCUT2D eigenvalue weighted by atomic mass is 32.1. The van der Waals surface area contributed by atoms with Crippen LogP contribution in [0.15, 0.2) is 66.0 Å². The quantitative estimate of drug-likeness (QED) is 0.530. The first-order valence-electron chi connectivity index (χ1n) is 11.2. The lowest BCUT2D eigenvalue weighted by Crippen LogP contribution is -2.52. The average Bonchev–Trinajstić information content (AvgIpc) is 3.35. The van der Waals surface area contributed by atoms with Gasteiger partial charge in [0.05, 0.1) is 19.6 Å². The summed E-state index contributed by atoms with van der Waals surface area (Å²) in [6, 6.07) is 18.6. The predicted molar refractivity (Wildman–Crippen MR) is 132 cm³/mol. The minimum absolute atomic E-state index is 0.0486. The summed E-state index contributed by atoms with van der Waals surface area (Å²) in [6.45, 7) is 5.73. The molecule has 2 aromatic carbocycles. The number of rotatable bonds is 8. The van der Waals surface area contributed by atoms with E-state index >= 15 is 0 Å². The molecule has 3 aromatic rings. The molecule has 0 bridgehead atoms. The smallest absolute Gasteiger partial charge is 0.224 e. The van der Waals surface area contributed by atoms with Gasteiger partial charge in [0.25, 0.3) is 0 Å². The number of carbonyl (C=O) groups excluding carboxylic acids is 1. The first kappa shape index (κ1) is 23.3. The van der Waals surface area contributed by atoms with Crippen LogP contribution in [0.3, 0.4) is 0 Å². The van der Waals surface area contributed by atoms with E-state index in [1.807, 2.05) is 12.1 Å². The highest BCUT2D eigenvalue weighted by molar-refractivity contribution is 7.10. The molecule has 33 heavy (non-hydrogen) atoms. The molecule has 1 saturated heterocycles. The molecule has 0 aliphatic carbocycles. The van der Waals surface area contributed by atoms with E-state index < -0.39 is 0 Å². The van der Waals surface area contributed by atoms with E-state index in [2.05, 4.69) is 51.7 Å². The molecule has 0 unspecified atom stereocenters. The van der Waals surface area contributed by atoms with Gasteiger partial charge in [0.2, 0.25) is 5.91 Å². The van der Waals surface area contributed by atoms with Gasteiger partial charge in [0, 0.05) is 42.8 Å². The Morgan fingerprint density at radius 2 is 1.76 bits per heavy atom. The van der Waals surface area contributed by atoms with Crippen molar-refractivity contribution in [1.82, 2.24) is 10.2 Å². The number of ether oxygens (including phenoxy) is 1. The number of hydrogen-bond acceptors (Lipinski definition) is 5. The minimum atomic E-state index is -0.293. The Hall–Kier alpha value is -2.90. The van der Waals surface area contributed by atoms with E-state index in [-0.39, 0.29) is 30.2 Å². The van der Waals surface area contributed by atoms with Crippen molar-refractivity contribution in [3.8, 4) is 5.75 Å². The van der Waals surface area contributed by atoms with Crippen molar-refractivity contribution in [2.24, 2.45) is 0 Å². The lowest BCUT2D eigenvalue weighted by atomic mass is 10.0. The molecule has 1 fully saturated rings. The van der Waals surface area contributed by atoms with Crippen molar-refractivity contribution in [2.75, 3.05) is 38.2 Å². The Bertz CT molecular complexity index is 1020. The number of thiophene rings is 1. The monoisotopic (exact) mass is 467 g/mol. The van der Waals surface area contributed by atoms with Gasteiger partial charge in [-0.3, -0.25) is 9.69 Å². The van der Waals surface area contributed by atoms with Gasteiger partial charge in [-0.15, -0.1) is 11.3 Å². The molecular weight excluding hydrogens is 437 g/mol. The third kappa shape index (κ3) is 5.92. The van der Waals surface area contributed by atoms with Gasteiger partial charge in [-0.2, -0.15) is 0 Å². The zero-order valence-electron chi connectivity index (χ0n) is 19.0. The molecular formula is C26H30FN3O2S. The number of nitrogens with zero attached hydrogens (tertiary/aromatic N) is 2. The number of amides is 1. The zero-order chi connectivity index (χ0) is 23.2. The van der Waals surface area contributed by atoms with E-state index in [0.717, 1.165) is 37.5 Å². The Kier molecular flexibility index (Phi) is 7.62. The fourth-order valence-corrected chi connectivity index (χ4v) is 5.39.